The highest BCUT2D eigenvalue weighted by Gasteiger charge is 2.31. The fourth-order valence-corrected chi connectivity index (χ4v) is 2.57. The van der Waals surface area contributed by atoms with Crippen molar-refractivity contribution in [2.24, 2.45) is 10.8 Å². The molecule has 0 spiro atoms. The van der Waals surface area contributed by atoms with Crippen LogP contribution in [0.1, 0.15) is 113 Å². The summed E-state index contributed by atoms with van der Waals surface area (Å²) in [7, 11) is 0. The van der Waals surface area contributed by atoms with Crippen LogP contribution in [0.25, 0.3) is 0 Å². The second kappa shape index (κ2) is 18.4. The molecule has 214 valence electrons. The zero-order valence-corrected chi connectivity index (χ0v) is 25.2. The first-order chi connectivity index (χ1) is 17.3. The van der Waals surface area contributed by atoms with E-state index >= 15 is 0 Å². The van der Waals surface area contributed by atoms with Gasteiger partial charge in [0.25, 0.3) is 0 Å². The van der Waals surface area contributed by atoms with Gasteiger partial charge in [-0.2, -0.15) is 0 Å². The summed E-state index contributed by atoms with van der Waals surface area (Å²) in [5.74, 6) is 0.399. The molecule has 1 saturated heterocycles. The third-order valence-corrected chi connectivity index (χ3v) is 6.78. The Morgan fingerprint density at radius 3 is 1.95 bits per heavy atom. The maximum absolute atomic E-state index is 11.6. The largest absolute Gasteiger partial charge is 0.462 e. The van der Waals surface area contributed by atoms with Crippen LogP contribution in [-0.4, -0.2) is 44.2 Å². The van der Waals surface area contributed by atoms with Crippen molar-refractivity contribution in [3.63, 3.8) is 0 Å². The summed E-state index contributed by atoms with van der Waals surface area (Å²) >= 11 is 0. The van der Waals surface area contributed by atoms with E-state index < -0.39 is 11.7 Å². The number of esters is 2. The molecule has 1 heterocycles. The molecule has 0 N–H and O–H groups in total. The Hall–Kier alpha value is -1.92. The third-order valence-electron chi connectivity index (χ3n) is 6.78. The zero-order chi connectivity index (χ0) is 28.5. The Morgan fingerprint density at radius 1 is 0.946 bits per heavy atom. The van der Waals surface area contributed by atoms with E-state index in [0.717, 1.165) is 32.3 Å². The molecule has 6 nitrogen and oxygen atoms in total. The highest BCUT2D eigenvalue weighted by molar-refractivity contribution is 5.76. The van der Waals surface area contributed by atoms with E-state index in [1.54, 1.807) is 6.92 Å². The molecule has 6 heteroatoms. The van der Waals surface area contributed by atoms with Gasteiger partial charge in [0.15, 0.2) is 6.29 Å². The lowest BCUT2D eigenvalue weighted by Gasteiger charge is -2.23. The molecular weight excluding hydrogens is 468 g/mol. The van der Waals surface area contributed by atoms with Crippen molar-refractivity contribution < 1.29 is 28.5 Å². The Morgan fingerprint density at radius 2 is 1.49 bits per heavy atom. The molecular formula is C31H54O6. The molecule has 0 aliphatic carbocycles. The number of rotatable bonds is 13. The number of carbonyl (C=O) groups is 2. The summed E-state index contributed by atoms with van der Waals surface area (Å²) in [5.41, 5.74) is 0.682. The van der Waals surface area contributed by atoms with Crippen LogP contribution in [0, 0.1) is 10.8 Å². The zero-order valence-electron chi connectivity index (χ0n) is 25.2. The van der Waals surface area contributed by atoms with Crippen LogP contribution in [0.3, 0.4) is 0 Å². The molecule has 1 aliphatic rings. The molecule has 0 radical (unpaired) electrons. The number of hydrogen-bond donors (Lipinski definition) is 0. The normalized spacial score (nSPS) is 16.2. The molecule has 3 unspecified atom stereocenters. The summed E-state index contributed by atoms with van der Waals surface area (Å²) < 4.78 is 20.5. The number of hydrogen-bond acceptors (Lipinski definition) is 6. The van der Waals surface area contributed by atoms with E-state index in [4.69, 9.17) is 18.9 Å². The van der Waals surface area contributed by atoms with Crippen molar-refractivity contribution in [3.05, 3.63) is 35.9 Å². The van der Waals surface area contributed by atoms with Gasteiger partial charge in [0, 0.05) is 0 Å². The molecule has 1 aromatic carbocycles. The summed E-state index contributed by atoms with van der Waals surface area (Å²) in [4.78, 5) is 23.0. The van der Waals surface area contributed by atoms with Gasteiger partial charge < -0.3 is 18.9 Å². The number of ether oxygens (including phenoxy) is 4. The van der Waals surface area contributed by atoms with E-state index in [1.165, 1.54) is 12.0 Å². The van der Waals surface area contributed by atoms with E-state index in [9.17, 15) is 9.59 Å². The van der Waals surface area contributed by atoms with Gasteiger partial charge in [0.05, 0.1) is 24.0 Å². The standard InChI is InChI=1S/C12H24O3.C10H14.C9H16O3/c1-6-8-9-14-10(3)15-11(13)12(4,5)7-2;1-3-9(2)10-7-5-4-6-8-10;1-4-9(2,3)8(10)12-6-7-5-11-7/h10H,6-9H2,1-5H3;4-9H,3H2,1-2H3;7H,4-6H2,1-3H3. The maximum Gasteiger partial charge on any atom is 0.313 e. The second-order valence-corrected chi connectivity index (χ2v) is 10.9. The Kier molecular flexibility index (Phi) is 17.4. The minimum Gasteiger partial charge on any atom is -0.462 e. The molecule has 1 aromatic rings. The van der Waals surface area contributed by atoms with Crippen molar-refractivity contribution in [3.8, 4) is 0 Å². The summed E-state index contributed by atoms with van der Waals surface area (Å²) in [6.07, 6.45) is 4.62. The number of carbonyl (C=O) groups excluding carboxylic acids is 2. The molecule has 0 amide bonds. The Labute approximate surface area is 226 Å². The number of unbranched alkanes of at least 4 members (excludes halogenated alkanes) is 1. The molecule has 1 aliphatic heterocycles. The topological polar surface area (TPSA) is 74.4 Å². The summed E-state index contributed by atoms with van der Waals surface area (Å²) in [6.45, 7) is 21.7. The van der Waals surface area contributed by atoms with Crippen LogP contribution in [0.5, 0.6) is 0 Å². The van der Waals surface area contributed by atoms with Crippen LogP contribution in [0.4, 0.5) is 0 Å². The van der Waals surface area contributed by atoms with Gasteiger partial charge in [-0.25, -0.2) is 0 Å². The van der Waals surface area contributed by atoms with Crippen LogP contribution in [0.15, 0.2) is 30.3 Å². The van der Waals surface area contributed by atoms with E-state index in [1.807, 2.05) is 41.5 Å². The first-order valence-corrected chi connectivity index (χ1v) is 14.0. The van der Waals surface area contributed by atoms with Gasteiger partial charge in [0.2, 0.25) is 0 Å². The predicted octanol–water partition coefficient (Wildman–Crippen LogP) is 7.69. The molecule has 3 atom stereocenters. The Balaban J connectivity index is 0.000000535. The van der Waals surface area contributed by atoms with Gasteiger partial charge in [-0.05, 0) is 71.8 Å². The van der Waals surface area contributed by atoms with Gasteiger partial charge in [-0.3, -0.25) is 9.59 Å². The molecule has 0 bridgehead atoms. The average molecular weight is 523 g/mol. The second-order valence-electron chi connectivity index (χ2n) is 10.9. The summed E-state index contributed by atoms with van der Waals surface area (Å²) in [6, 6.07) is 10.6. The fourth-order valence-electron chi connectivity index (χ4n) is 2.57. The fraction of sp³-hybridized carbons (Fsp3) is 0.742. The lowest BCUT2D eigenvalue weighted by Crippen LogP contribution is -2.30. The minimum absolute atomic E-state index is 0.125. The first-order valence-electron chi connectivity index (χ1n) is 14.0. The maximum atomic E-state index is 11.6. The molecule has 0 aromatic heterocycles. The van der Waals surface area contributed by atoms with Crippen molar-refractivity contribution in [1.29, 1.82) is 0 Å². The first kappa shape index (κ1) is 35.1. The highest BCUT2D eigenvalue weighted by atomic mass is 16.7. The average Bonchev–Trinajstić information content (AvgIpc) is 3.72. The Bertz CT molecular complexity index is 739. The molecule has 2 rings (SSSR count). The van der Waals surface area contributed by atoms with Crippen LogP contribution in [0.2, 0.25) is 0 Å². The van der Waals surface area contributed by atoms with Crippen molar-refractivity contribution in [2.75, 3.05) is 19.8 Å². The lowest BCUT2D eigenvalue weighted by molar-refractivity contribution is -0.185. The monoisotopic (exact) mass is 522 g/mol. The lowest BCUT2D eigenvalue weighted by atomic mass is 9.91. The van der Waals surface area contributed by atoms with Crippen molar-refractivity contribution in [1.82, 2.24) is 0 Å². The predicted molar refractivity (Wildman–Crippen MR) is 150 cm³/mol. The highest BCUT2D eigenvalue weighted by Crippen LogP contribution is 2.23. The van der Waals surface area contributed by atoms with Gasteiger partial charge in [0.1, 0.15) is 12.7 Å². The molecule has 0 saturated carbocycles. The SMILES string of the molecule is CCC(C)(C)C(=O)OCC1CO1.CCC(C)c1ccccc1.CCCCOC(C)OC(=O)C(C)(C)CC. The van der Waals surface area contributed by atoms with E-state index in [0.29, 0.717) is 19.1 Å². The number of epoxide rings is 1. The molecule has 1 fully saturated rings. The van der Waals surface area contributed by atoms with Crippen LogP contribution in [-0.2, 0) is 28.5 Å². The van der Waals surface area contributed by atoms with Crippen molar-refractivity contribution >= 4 is 11.9 Å². The van der Waals surface area contributed by atoms with Gasteiger partial charge in [-0.15, -0.1) is 0 Å². The minimum atomic E-state index is -0.435. The van der Waals surface area contributed by atoms with Crippen molar-refractivity contribution in [2.45, 2.75) is 120 Å². The van der Waals surface area contributed by atoms with Gasteiger partial charge >= 0.3 is 11.9 Å². The van der Waals surface area contributed by atoms with E-state index in [2.05, 4.69) is 51.1 Å². The smallest absolute Gasteiger partial charge is 0.313 e. The van der Waals surface area contributed by atoms with Gasteiger partial charge in [-0.1, -0.05) is 71.4 Å². The summed E-state index contributed by atoms with van der Waals surface area (Å²) in [5, 5.41) is 0. The quantitative estimate of drug-likeness (QED) is 0.114. The van der Waals surface area contributed by atoms with Crippen LogP contribution < -0.4 is 0 Å². The van der Waals surface area contributed by atoms with E-state index in [-0.39, 0.29) is 23.5 Å². The van der Waals surface area contributed by atoms with Crippen LogP contribution >= 0.6 is 0 Å². The third kappa shape index (κ3) is 15.8. The molecule has 37 heavy (non-hydrogen) atoms. The number of benzene rings is 1.